The van der Waals surface area contributed by atoms with Gasteiger partial charge in [-0.15, -0.1) is 5.10 Å². The quantitative estimate of drug-likeness (QED) is 0.741. The Morgan fingerprint density at radius 2 is 1.67 bits per heavy atom. The number of hydrogen-bond donors (Lipinski definition) is 0. The minimum absolute atomic E-state index is 0.258. The molecule has 0 fully saturated rings. The van der Waals surface area contributed by atoms with Gasteiger partial charge in [0.05, 0.1) is 0 Å². The molecule has 1 heterocycles. The first-order valence-corrected chi connectivity index (χ1v) is 6.49. The van der Waals surface area contributed by atoms with E-state index in [1.165, 1.54) is 12.1 Å². The summed E-state index contributed by atoms with van der Waals surface area (Å²) in [6.45, 7) is 0. The normalized spacial score (nSPS) is 11.6. The van der Waals surface area contributed by atoms with Gasteiger partial charge in [-0.25, -0.2) is 9.07 Å². The first-order valence-electron chi connectivity index (χ1n) is 6.49. The van der Waals surface area contributed by atoms with Crippen molar-refractivity contribution in [1.29, 1.82) is 0 Å². The number of halogens is 1. The van der Waals surface area contributed by atoms with E-state index in [4.69, 9.17) is 0 Å². The third-order valence-electron chi connectivity index (χ3n) is 3.17. The zero-order valence-corrected chi connectivity index (χ0v) is 11.4. The minimum atomic E-state index is -0.258. The summed E-state index contributed by atoms with van der Waals surface area (Å²) in [5.41, 5.74) is 2.87. The number of benzene rings is 2. The van der Waals surface area contributed by atoms with Crippen molar-refractivity contribution in [2.45, 2.75) is 0 Å². The standard InChI is InChI=1S/C16H13FN4/c1-21-16(18-19-20-21)11-15(12-5-3-2-4-6-12)13-7-9-14(17)10-8-13/h2-11H,1H3/b15-11-. The van der Waals surface area contributed by atoms with Crippen LogP contribution in [0.2, 0.25) is 0 Å². The molecular weight excluding hydrogens is 267 g/mol. The van der Waals surface area contributed by atoms with E-state index in [1.54, 1.807) is 23.9 Å². The zero-order valence-electron chi connectivity index (χ0n) is 11.4. The highest BCUT2D eigenvalue weighted by molar-refractivity contribution is 5.90. The highest BCUT2D eigenvalue weighted by atomic mass is 19.1. The topological polar surface area (TPSA) is 43.6 Å². The summed E-state index contributed by atoms with van der Waals surface area (Å²) in [5.74, 6) is 0.379. The van der Waals surface area contributed by atoms with Gasteiger partial charge in [-0.05, 0) is 45.3 Å². The van der Waals surface area contributed by atoms with Crippen molar-refractivity contribution in [2.75, 3.05) is 0 Å². The summed E-state index contributed by atoms with van der Waals surface area (Å²) in [7, 11) is 1.78. The summed E-state index contributed by atoms with van der Waals surface area (Å²) in [4.78, 5) is 0. The van der Waals surface area contributed by atoms with Crippen molar-refractivity contribution in [2.24, 2.45) is 7.05 Å². The SMILES string of the molecule is Cn1nnnc1/C=C(/c1ccccc1)c1ccc(F)cc1. The molecule has 0 bridgehead atoms. The molecule has 0 radical (unpaired) electrons. The Hall–Kier alpha value is -2.82. The third-order valence-corrected chi connectivity index (χ3v) is 3.17. The van der Waals surface area contributed by atoms with Gasteiger partial charge in [0.1, 0.15) is 5.82 Å². The number of tetrazole rings is 1. The van der Waals surface area contributed by atoms with Gasteiger partial charge < -0.3 is 0 Å². The van der Waals surface area contributed by atoms with Crippen LogP contribution in [0.25, 0.3) is 11.6 Å². The molecule has 104 valence electrons. The molecule has 0 N–H and O–H groups in total. The number of rotatable bonds is 3. The molecule has 0 amide bonds. The maximum atomic E-state index is 13.1. The molecule has 0 unspecified atom stereocenters. The van der Waals surface area contributed by atoms with E-state index in [-0.39, 0.29) is 5.82 Å². The second-order valence-electron chi connectivity index (χ2n) is 4.59. The molecule has 0 spiro atoms. The van der Waals surface area contributed by atoms with Crippen molar-refractivity contribution in [3.8, 4) is 0 Å². The summed E-state index contributed by atoms with van der Waals surface area (Å²) in [6.07, 6.45) is 1.89. The van der Waals surface area contributed by atoms with Crippen molar-refractivity contribution >= 4 is 11.6 Å². The van der Waals surface area contributed by atoms with Crippen LogP contribution in [0, 0.1) is 5.82 Å². The summed E-state index contributed by atoms with van der Waals surface area (Å²) >= 11 is 0. The number of hydrogen-bond acceptors (Lipinski definition) is 3. The van der Waals surface area contributed by atoms with Crippen LogP contribution in [0.15, 0.2) is 54.6 Å². The first kappa shape index (κ1) is 13.2. The van der Waals surface area contributed by atoms with Crippen LogP contribution in [0.1, 0.15) is 17.0 Å². The molecule has 1 aromatic heterocycles. The molecule has 3 rings (SSSR count). The van der Waals surface area contributed by atoms with Crippen LogP contribution < -0.4 is 0 Å². The van der Waals surface area contributed by atoms with E-state index in [1.807, 2.05) is 36.4 Å². The molecule has 0 saturated carbocycles. The lowest BCUT2D eigenvalue weighted by Crippen LogP contribution is -1.96. The van der Waals surface area contributed by atoms with E-state index in [9.17, 15) is 4.39 Å². The fraction of sp³-hybridized carbons (Fsp3) is 0.0625. The number of nitrogens with zero attached hydrogens (tertiary/aromatic N) is 4. The molecule has 2 aromatic carbocycles. The van der Waals surface area contributed by atoms with Crippen LogP contribution in [0.5, 0.6) is 0 Å². The van der Waals surface area contributed by atoms with E-state index >= 15 is 0 Å². The molecule has 4 nitrogen and oxygen atoms in total. The lowest BCUT2D eigenvalue weighted by atomic mass is 9.97. The highest BCUT2D eigenvalue weighted by Crippen LogP contribution is 2.25. The van der Waals surface area contributed by atoms with E-state index in [0.29, 0.717) is 5.82 Å². The van der Waals surface area contributed by atoms with Crippen molar-refractivity contribution in [1.82, 2.24) is 20.2 Å². The first-order chi connectivity index (χ1) is 10.2. The Bertz CT molecular complexity index is 760. The Morgan fingerprint density at radius 1 is 1.00 bits per heavy atom. The maximum absolute atomic E-state index is 13.1. The fourth-order valence-corrected chi connectivity index (χ4v) is 2.07. The van der Waals surface area contributed by atoms with Crippen LogP contribution in [-0.4, -0.2) is 20.2 Å². The third kappa shape index (κ3) is 2.86. The largest absolute Gasteiger partial charge is 0.229 e. The lowest BCUT2D eigenvalue weighted by molar-refractivity contribution is 0.627. The highest BCUT2D eigenvalue weighted by Gasteiger charge is 2.08. The molecule has 21 heavy (non-hydrogen) atoms. The average molecular weight is 280 g/mol. The second-order valence-corrected chi connectivity index (χ2v) is 4.59. The van der Waals surface area contributed by atoms with Crippen LogP contribution in [0.4, 0.5) is 4.39 Å². The Balaban J connectivity index is 2.14. The van der Waals surface area contributed by atoms with Crippen LogP contribution in [-0.2, 0) is 7.05 Å². The van der Waals surface area contributed by atoms with Gasteiger partial charge in [-0.3, -0.25) is 0 Å². The van der Waals surface area contributed by atoms with E-state index in [2.05, 4.69) is 15.5 Å². The summed E-state index contributed by atoms with van der Waals surface area (Å²) < 4.78 is 14.7. The Labute approximate surface area is 121 Å². The van der Waals surface area contributed by atoms with E-state index < -0.39 is 0 Å². The van der Waals surface area contributed by atoms with Gasteiger partial charge in [0.15, 0.2) is 5.82 Å². The molecule has 0 atom stereocenters. The molecule has 0 aliphatic rings. The van der Waals surface area contributed by atoms with Crippen molar-refractivity contribution in [3.63, 3.8) is 0 Å². The van der Waals surface area contributed by atoms with Crippen LogP contribution in [0.3, 0.4) is 0 Å². The maximum Gasteiger partial charge on any atom is 0.175 e. The molecule has 0 aliphatic heterocycles. The van der Waals surface area contributed by atoms with Gasteiger partial charge in [-0.2, -0.15) is 0 Å². The average Bonchev–Trinajstić information content (AvgIpc) is 2.92. The Kier molecular flexibility index (Phi) is 3.55. The van der Waals surface area contributed by atoms with Gasteiger partial charge >= 0.3 is 0 Å². The zero-order chi connectivity index (χ0) is 14.7. The van der Waals surface area contributed by atoms with Crippen molar-refractivity contribution in [3.05, 3.63) is 77.4 Å². The molecule has 0 aliphatic carbocycles. The summed E-state index contributed by atoms with van der Waals surface area (Å²) in [6, 6.07) is 16.3. The van der Waals surface area contributed by atoms with Crippen LogP contribution >= 0.6 is 0 Å². The van der Waals surface area contributed by atoms with Gasteiger partial charge in [-0.1, -0.05) is 42.5 Å². The molecule has 3 aromatic rings. The monoisotopic (exact) mass is 280 g/mol. The van der Waals surface area contributed by atoms with Gasteiger partial charge in [0, 0.05) is 7.05 Å². The molecule has 5 heteroatoms. The smallest absolute Gasteiger partial charge is 0.175 e. The predicted molar refractivity (Wildman–Crippen MR) is 78.6 cm³/mol. The number of aromatic nitrogens is 4. The minimum Gasteiger partial charge on any atom is -0.229 e. The van der Waals surface area contributed by atoms with Crippen molar-refractivity contribution < 1.29 is 4.39 Å². The molecule has 0 saturated heterocycles. The second kappa shape index (κ2) is 5.66. The molecular formula is C16H13FN4. The number of aryl methyl sites for hydroxylation is 1. The fourth-order valence-electron chi connectivity index (χ4n) is 2.07. The lowest BCUT2D eigenvalue weighted by Gasteiger charge is -2.08. The van der Waals surface area contributed by atoms with Gasteiger partial charge in [0.2, 0.25) is 0 Å². The van der Waals surface area contributed by atoms with E-state index in [0.717, 1.165) is 16.7 Å². The van der Waals surface area contributed by atoms with Gasteiger partial charge in [0.25, 0.3) is 0 Å². The predicted octanol–water partition coefficient (Wildman–Crippen LogP) is 2.94. The summed E-state index contributed by atoms with van der Waals surface area (Å²) in [5, 5.41) is 11.4. The Morgan fingerprint density at radius 3 is 2.29 bits per heavy atom.